The zero-order valence-corrected chi connectivity index (χ0v) is 8.52. The molecule has 0 radical (unpaired) electrons. The molecule has 0 aromatic rings. The van der Waals surface area contributed by atoms with Crippen LogP contribution in [0.1, 0.15) is 25.7 Å². The minimum atomic E-state index is -3.07. The Bertz CT molecular complexity index is 234. The van der Waals surface area contributed by atoms with Crippen molar-refractivity contribution in [2.45, 2.75) is 25.7 Å². The predicted octanol–water partition coefficient (Wildman–Crippen LogP) is 0.0883. The van der Waals surface area contributed by atoms with E-state index in [2.05, 4.69) is 4.72 Å². The highest BCUT2D eigenvalue weighted by molar-refractivity contribution is 7.89. The smallest absolute Gasteiger partial charge is 0.211 e. The van der Waals surface area contributed by atoms with Gasteiger partial charge in [0.1, 0.15) is 0 Å². The molecule has 5 heteroatoms. The van der Waals surface area contributed by atoms with E-state index < -0.39 is 10.0 Å². The second-order valence-corrected chi connectivity index (χ2v) is 5.47. The lowest BCUT2D eigenvalue weighted by Gasteiger charge is -2.04. The maximum Gasteiger partial charge on any atom is 0.211 e. The minimum Gasteiger partial charge on any atom is -0.396 e. The Morgan fingerprint density at radius 1 is 1.31 bits per heavy atom. The normalized spacial score (nSPS) is 17.6. The molecule has 13 heavy (non-hydrogen) atoms. The monoisotopic (exact) mass is 207 g/mol. The maximum absolute atomic E-state index is 11.2. The fourth-order valence-electron chi connectivity index (χ4n) is 1.04. The van der Waals surface area contributed by atoms with Crippen LogP contribution in [0.3, 0.4) is 0 Å². The summed E-state index contributed by atoms with van der Waals surface area (Å²) in [6.07, 6.45) is 3.40. The molecule has 0 aromatic carbocycles. The summed E-state index contributed by atoms with van der Waals surface area (Å²) in [6, 6.07) is 0. The van der Waals surface area contributed by atoms with Crippen LogP contribution in [-0.2, 0) is 10.0 Å². The van der Waals surface area contributed by atoms with Gasteiger partial charge in [-0.2, -0.15) is 0 Å². The van der Waals surface area contributed by atoms with Crippen molar-refractivity contribution >= 4 is 10.0 Å². The number of aliphatic hydroxyl groups excluding tert-OH is 1. The molecule has 1 rings (SSSR count). The predicted molar refractivity (Wildman–Crippen MR) is 50.8 cm³/mol. The number of rotatable bonds is 7. The van der Waals surface area contributed by atoms with Gasteiger partial charge >= 0.3 is 0 Å². The second-order valence-electron chi connectivity index (χ2n) is 3.54. The lowest BCUT2D eigenvalue weighted by molar-refractivity contribution is 0.287. The molecule has 0 bridgehead atoms. The number of aliphatic hydroxyl groups is 1. The Labute approximate surface area is 79.4 Å². The fourth-order valence-corrected chi connectivity index (χ4v) is 2.26. The van der Waals surface area contributed by atoms with E-state index in [1.54, 1.807) is 0 Å². The summed E-state index contributed by atoms with van der Waals surface area (Å²) in [5, 5.41) is 8.48. The summed E-state index contributed by atoms with van der Waals surface area (Å²) < 4.78 is 25.1. The Hall–Kier alpha value is -0.130. The van der Waals surface area contributed by atoms with Gasteiger partial charge in [0, 0.05) is 13.2 Å². The van der Waals surface area contributed by atoms with Crippen LogP contribution in [0, 0.1) is 5.92 Å². The fraction of sp³-hybridized carbons (Fsp3) is 1.00. The van der Waals surface area contributed by atoms with Gasteiger partial charge in [-0.15, -0.1) is 0 Å². The standard InChI is InChI=1S/C8H17NO3S/c10-5-1-2-6-13(11,12)9-7-8-3-4-8/h8-10H,1-7H2. The third kappa shape index (κ3) is 5.23. The highest BCUT2D eigenvalue weighted by Gasteiger charge is 2.23. The van der Waals surface area contributed by atoms with E-state index >= 15 is 0 Å². The zero-order valence-electron chi connectivity index (χ0n) is 7.70. The van der Waals surface area contributed by atoms with E-state index in [1.165, 1.54) is 0 Å². The van der Waals surface area contributed by atoms with E-state index in [-0.39, 0.29) is 12.4 Å². The van der Waals surface area contributed by atoms with E-state index in [0.717, 1.165) is 12.8 Å². The molecule has 0 unspecified atom stereocenters. The van der Waals surface area contributed by atoms with Gasteiger partial charge in [0.25, 0.3) is 0 Å². The van der Waals surface area contributed by atoms with Crippen molar-refractivity contribution in [3.05, 3.63) is 0 Å². The second kappa shape index (κ2) is 4.93. The number of unbranched alkanes of at least 4 members (excludes halogenated alkanes) is 1. The van der Waals surface area contributed by atoms with Crippen LogP contribution in [0.4, 0.5) is 0 Å². The number of hydrogen-bond donors (Lipinski definition) is 2. The van der Waals surface area contributed by atoms with Crippen LogP contribution >= 0.6 is 0 Å². The molecular formula is C8H17NO3S. The first-order valence-electron chi connectivity index (χ1n) is 4.72. The number of nitrogens with one attached hydrogen (secondary N) is 1. The van der Waals surface area contributed by atoms with Crippen LogP contribution in [0.15, 0.2) is 0 Å². The summed E-state index contributed by atoms with van der Waals surface area (Å²) in [5.41, 5.74) is 0. The summed E-state index contributed by atoms with van der Waals surface area (Å²) in [5.74, 6) is 0.716. The first kappa shape index (κ1) is 10.9. The van der Waals surface area contributed by atoms with Gasteiger partial charge < -0.3 is 5.11 Å². The van der Waals surface area contributed by atoms with Gasteiger partial charge in [-0.1, -0.05) is 0 Å². The molecular weight excluding hydrogens is 190 g/mol. The van der Waals surface area contributed by atoms with E-state index in [0.29, 0.717) is 25.3 Å². The quantitative estimate of drug-likeness (QED) is 0.581. The molecule has 1 aliphatic carbocycles. The molecule has 1 saturated carbocycles. The summed E-state index contributed by atoms with van der Waals surface area (Å²) in [4.78, 5) is 0. The summed E-state index contributed by atoms with van der Waals surface area (Å²) in [6.45, 7) is 0.666. The summed E-state index contributed by atoms with van der Waals surface area (Å²) >= 11 is 0. The first-order chi connectivity index (χ1) is 6.14. The van der Waals surface area contributed by atoms with Crippen molar-refractivity contribution in [3.63, 3.8) is 0 Å². The zero-order chi connectivity index (χ0) is 9.73. The third-order valence-electron chi connectivity index (χ3n) is 2.11. The molecule has 1 fully saturated rings. The SMILES string of the molecule is O=S(=O)(CCCCO)NCC1CC1. The average molecular weight is 207 g/mol. The molecule has 0 aromatic heterocycles. The maximum atomic E-state index is 11.2. The molecule has 0 atom stereocenters. The molecule has 4 nitrogen and oxygen atoms in total. The van der Waals surface area contributed by atoms with Crippen LogP contribution in [0.2, 0.25) is 0 Å². The van der Waals surface area contributed by atoms with Gasteiger partial charge in [0.15, 0.2) is 0 Å². The Morgan fingerprint density at radius 2 is 2.00 bits per heavy atom. The van der Waals surface area contributed by atoms with Crippen molar-refractivity contribution in [2.24, 2.45) is 5.92 Å². The Balaban J connectivity index is 2.11. The Kier molecular flexibility index (Phi) is 4.15. The van der Waals surface area contributed by atoms with Crippen molar-refractivity contribution < 1.29 is 13.5 Å². The molecule has 1 aliphatic rings. The largest absolute Gasteiger partial charge is 0.396 e. The van der Waals surface area contributed by atoms with Crippen molar-refractivity contribution in [2.75, 3.05) is 18.9 Å². The molecule has 78 valence electrons. The summed E-state index contributed by atoms with van der Waals surface area (Å²) in [7, 11) is -3.07. The minimum absolute atomic E-state index is 0.0676. The van der Waals surface area contributed by atoms with Gasteiger partial charge in [0.2, 0.25) is 10.0 Å². The van der Waals surface area contributed by atoms with Crippen molar-refractivity contribution in [1.82, 2.24) is 4.72 Å². The molecule has 0 spiro atoms. The molecule has 2 N–H and O–H groups in total. The van der Waals surface area contributed by atoms with E-state index in [4.69, 9.17) is 5.11 Å². The van der Waals surface area contributed by atoms with Gasteiger partial charge in [-0.3, -0.25) is 0 Å². The number of sulfonamides is 1. The van der Waals surface area contributed by atoms with E-state index in [9.17, 15) is 8.42 Å². The highest BCUT2D eigenvalue weighted by Crippen LogP contribution is 2.27. The van der Waals surface area contributed by atoms with Crippen LogP contribution in [0.5, 0.6) is 0 Å². The number of hydrogen-bond acceptors (Lipinski definition) is 3. The third-order valence-corrected chi connectivity index (χ3v) is 3.54. The first-order valence-corrected chi connectivity index (χ1v) is 6.37. The molecule has 0 heterocycles. The van der Waals surface area contributed by atoms with Crippen molar-refractivity contribution in [1.29, 1.82) is 0 Å². The molecule has 0 saturated heterocycles. The highest BCUT2D eigenvalue weighted by atomic mass is 32.2. The van der Waals surface area contributed by atoms with Gasteiger partial charge in [-0.05, 0) is 31.6 Å². The topological polar surface area (TPSA) is 66.4 Å². The van der Waals surface area contributed by atoms with Gasteiger partial charge in [-0.25, -0.2) is 13.1 Å². The van der Waals surface area contributed by atoms with Crippen LogP contribution < -0.4 is 4.72 Å². The van der Waals surface area contributed by atoms with Crippen LogP contribution in [0.25, 0.3) is 0 Å². The van der Waals surface area contributed by atoms with E-state index in [1.807, 2.05) is 0 Å². The van der Waals surface area contributed by atoms with Gasteiger partial charge in [0.05, 0.1) is 5.75 Å². The lowest BCUT2D eigenvalue weighted by Crippen LogP contribution is -2.28. The Morgan fingerprint density at radius 3 is 2.54 bits per heavy atom. The molecule has 0 amide bonds. The molecule has 0 aliphatic heterocycles. The van der Waals surface area contributed by atoms with Crippen molar-refractivity contribution in [3.8, 4) is 0 Å². The average Bonchev–Trinajstić information content (AvgIpc) is 2.84. The van der Waals surface area contributed by atoms with Crippen LogP contribution in [-0.4, -0.2) is 32.4 Å². The lowest BCUT2D eigenvalue weighted by atomic mass is 10.4.